The molecule has 0 fully saturated rings. The molecule has 98 valence electrons. The van der Waals surface area contributed by atoms with Crippen LogP contribution in [0.15, 0.2) is 46.2 Å². The molecule has 2 aromatic carbocycles. The van der Waals surface area contributed by atoms with Crippen LogP contribution in [0.1, 0.15) is 5.56 Å². The maximum atomic E-state index is 13.5. The zero-order chi connectivity index (χ0) is 14.0. The van der Waals surface area contributed by atoms with Crippen molar-refractivity contribution in [2.75, 3.05) is 0 Å². The molecule has 0 aliphatic rings. The standard InChI is InChI=1S/C13H9ClF2N2S/c14-10-6-8(2-3-9(10)13(17)18)19-12-5-7(15)1-4-11(12)16/h1-6H,(H3,17,18). The van der Waals surface area contributed by atoms with Gasteiger partial charge in [-0.05, 0) is 36.4 Å². The van der Waals surface area contributed by atoms with Gasteiger partial charge in [-0.15, -0.1) is 0 Å². The summed E-state index contributed by atoms with van der Waals surface area (Å²) in [4.78, 5) is 0.811. The Labute approximate surface area is 118 Å². The van der Waals surface area contributed by atoms with E-state index in [1.165, 1.54) is 0 Å². The number of hydrogen-bond donors (Lipinski definition) is 2. The summed E-state index contributed by atoms with van der Waals surface area (Å²) < 4.78 is 26.5. The number of hydrogen-bond acceptors (Lipinski definition) is 2. The SMILES string of the molecule is N=C(N)c1ccc(Sc2cc(F)ccc2F)cc1Cl. The van der Waals surface area contributed by atoms with Gasteiger partial charge >= 0.3 is 0 Å². The second-order valence-electron chi connectivity index (χ2n) is 3.73. The molecule has 0 heterocycles. The third-order valence-corrected chi connectivity index (χ3v) is 3.69. The van der Waals surface area contributed by atoms with Gasteiger partial charge in [-0.1, -0.05) is 23.4 Å². The van der Waals surface area contributed by atoms with E-state index >= 15 is 0 Å². The van der Waals surface area contributed by atoms with Gasteiger partial charge in [-0.25, -0.2) is 8.78 Å². The summed E-state index contributed by atoms with van der Waals surface area (Å²) in [6, 6.07) is 8.04. The topological polar surface area (TPSA) is 49.9 Å². The predicted octanol–water partition coefficient (Wildman–Crippen LogP) is 4.05. The number of nitrogens with two attached hydrogens (primary N) is 1. The summed E-state index contributed by atoms with van der Waals surface area (Å²) in [6.07, 6.45) is 0. The van der Waals surface area contributed by atoms with Crippen molar-refractivity contribution in [3.8, 4) is 0 Å². The first-order valence-electron chi connectivity index (χ1n) is 5.24. The molecule has 0 aliphatic heterocycles. The molecule has 2 nitrogen and oxygen atoms in total. The molecular weight excluding hydrogens is 290 g/mol. The molecule has 6 heteroatoms. The molecule has 0 aliphatic carbocycles. The number of halogens is 3. The molecule has 0 aromatic heterocycles. The summed E-state index contributed by atoms with van der Waals surface area (Å²) in [5, 5.41) is 7.61. The summed E-state index contributed by atoms with van der Waals surface area (Å²) in [6.45, 7) is 0. The molecule has 19 heavy (non-hydrogen) atoms. The molecule has 0 atom stereocenters. The lowest BCUT2D eigenvalue weighted by molar-refractivity contribution is 0.577. The predicted molar refractivity (Wildman–Crippen MR) is 72.9 cm³/mol. The van der Waals surface area contributed by atoms with Crippen LogP contribution in [0.4, 0.5) is 8.78 Å². The van der Waals surface area contributed by atoms with E-state index in [1.54, 1.807) is 18.2 Å². The number of amidine groups is 1. The van der Waals surface area contributed by atoms with Crippen LogP contribution in [-0.4, -0.2) is 5.84 Å². The second kappa shape index (κ2) is 5.59. The largest absolute Gasteiger partial charge is 0.384 e. The van der Waals surface area contributed by atoms with Crippen molar-refractivity contribution in [2.45, 2.75) is 9.79 Å². The molecule has 0 bridgehead atoms. The Bertz CT molecular complexity index is 647. The van der Waals surface area contributed by atoms with Crippen molar-refractivity contribution in [2.24, 2.45) is 5.73 Å². The molecule has 0 saturated heterocycles. The molecule has 0 saturated carbocycles. The van der Waals surface area contributed by atoms with Crippen molar-refractivity contribution < 1.29 is 8.78 Å². The fraction of sp³-hybridized carbons (Fsp3) is 0. The van der Waals surface area contributed by atoms with Gasteiger partial charge in [-0.3, -0.25) is 5.41 Å². The Morgan fingerprint density at radius 2 is 1.89 bits per heavy atom. The fourth-order valence-electron chi connectivity index (χ4n) is 1.46. The summed E-state index contributed by atoms with van der Waals surface area (Å²) in [5.74, 6) is -1.15. The summed E-state index contributed by atoms with van der Waals surface area (Å²) in [5.41, 5.74) is 5.75. The lowest BCUT2D eigenvalue weighted by Gasteiger charge is -2.06. The molecule has 0 radical (unpaired) electrons. The second-order valence-corrected chi connectivity index (χ2v) is 5.25. The minimum atomic E-state index is -0.504. The Hall–Kier alpha value is -1.59. The number of benzene rings is 2. The summed E-state index contributed by atoms with van der Waals surface area (Å²) in [7, 11) is 0. The van der Waals surface area contributed by atoms with Crippen LogP contribution in [0, 0.1) is 17.0 Å². The van der Waals surface area contributed by atoms with E-state index in [0.29, 0.717) is 15.5 Å². The van der Waals surface area contributed by atoms with Crippen LogP contribution in [0.3, 0.4) is 0 Å². The van der Waals surface area contributed by atoms with E-state index in [1.807, 2.05) is 0 Å². The minimum absolute atomic E-state index is 0.140. The minimum Gasteiger partial charge on any atom is -0.384 e. The number of nitrogens with one attached hydrogen (secondary N) is 1. The summed E-state index contributed by atoms with van der Waals surface area (Å²) >= 11 is 7.01. The first-order valence-corrected chi connectivity index (χ1v) is 6.43. The zero-order valence-corrected chi connectivity index (χ0v) is 11.2. The van der Waals surface area contributed by atoms with Crippen LogP contribution < -0.4 is 5.73 Å². The van der Waals surface area contributed by atoms with Gasteiger partial charge in [0, 0.05) is 10.5 Å². The van der Waals surface area contributed by atoms with Crippen LogP contribution in [-0.2, 0) is 0 Å². The quantitative estimate of drug-likeness (QED) is 0.663. The third-order valence-electron chi connectivity index (χ3n) is 2.35. The highest BCUT2D eigenvalue weighted by Gasteiger charge is 2.09. The molecule has 2 aromatic rings. The Kier molecular flexibility index (Phi) is 4.07. The van der Waals surface area contributed by atoms with Crippen LogP contribution in [0.2, 0.25) is 5.02 Å². The van der Waals surface area contributed by atoms with Crippen molar-refractivity contribution >= 4 is 29.2 Å². The fourth-order valence-corrected chi connectivity index (χ4v) is 2.71. The van der Waals surface area contributed by atoms with Crippen LogP contribution >= 0.6 is 23.4 Å². The van der Waals surface area contributed by atoms with Gasteiger partial charge in [0.05, 0.1) is 9.92 Å². The van der Waals surface area contributed by atoms with E-state index in [0.717, 1.165) is 30.0 Å². The third kappa shape index (κ3) is 3.24. The highest BCUT2D eigenvalue weighted by molar-refractivity contribution is 7.99. The lowest BCUT2D eigenvalue weighted by Crippen LogP contribution is -2.11. The van der Waals surface area contributed by atoms with Crippen molar-refractivity contribution in [1.82, 2.24) is 0 Å². The van der Waals surface area contributed by atoms with Crippen molar-refractivity contribution in [3.05, 3.63) is 58.6 Å². The van der Waals surface area contributed by atoms with Crippen molar-refractivity contribution in [1.29, 1.82) is 5.41 Å². The maximum absolute atomic E-state index is 13.5. The normalized spacial score (nSPS) is 10.5. The molecule has 0 unspecified atom stereocenters. The zero-order valence-electron chi connectivity index (χ0n) is 9.58. The average Bonchev–Trinajstić information content (AvgIpc) is 2.33. The van der Waals surface area contributed by atoms with E-state index in [-0.39, 0.29) is 10.7 Å². The first kappa shape index (κ1) is 13.8. The highest BCUT2D eigenvalue weighted by atomic mass is 35.5. The molecule has 2 rings (SSSR count). The Morgan fingerprint density at radius 3 is 2.53 bits per heavy atom. The van der Waals surface area contributed by atoms with Gasteiger partial charge in [-0.2, -0.15) is 0 Å². The van der Waals surface area contributed by atoms with E-state index in [9.17, 15) is 8.78 Å². The van der Waals surface area contributed by atoms with Gasteiger partial charge in [0.1, 0.15) is 17.5 Å². The highest BCUT2D eigenvalue weighted by Crippen LogP contribution is 2.32. The van der Waals surface area contributed by atoms with E-state index in [2.05, 4.69) is 0 Å². The molecular formula is C13H9ClF2N2S. The molecule has 3 N–H and O–H groups in total. The van der Waals surface area contributed by atoms with Gasteiger partial charge in [0.2, 0.25) is 0 Å². The van der Waals surface area contributed by atoms with Crippen LogP contribution in [0.5, 0.6) is 0 Å². The molecule has 0 spiro atoms. The first-order chi connectivity index (χ1) is 8.97. The number of rotatable bonds is 3. The van der Waals surface area contributed by atoms with Gasteiger partial charge in [0.25, 0.3) is 0 Å². The Morgan fingerprint density at radius 1 is 1.16 bits per heavy atom. The lowest BCUT2D eigenvalue weighted by atomic mass is 10.2. The van der Waals surface area contributed by atoms with Crippen molar-refractivity contribution in [3.63, 3.8) is 0 Å². The average molecular weight is 299 g/mol. The van der Waals surface area contributed by atoms with Gasteiger partial charge < -0.3 is 5.73 Å². The molecule has 0 amide bonds. The smallest absolute Gasteiger partial charge is 0.137 e. The van der Waals surface area contributed by atoms with E-state index in [4.69, 9.17) is 22.7 Å². The maximum Gasteiger partial charge on any atom is 0.137 e. The number of nitrogen functional groups attached to an aromatic ring is 1. The Balaban J connectivity index is 2.31. The van der Waals surface area contributed by atoms with Crippen LogP contribution in [0.25, 0.3) is 0 Å². The monoisotopic (exact) mass is 298 g/mol. The van der Waals surface area contributed by atoms with Gasteiger partial charge in [0.15, 0.2) is 0 Å². The van der Waals surface area contributed by atoms with E-state index < -0.39 is 11.6 Å².